The van der Waals surface area contributed by atoms with E-state index in [1.54, 1.807) is 24.3 Å². The zero-order valence-electron chi connectivity index (χ0n) is 7.40. The molecule has 0 saturated carbocycles. The van der Waals surface area contributed by atoms with Crippen LogP contribution in [0.25, 0.3) is 0 Å². The summed E-state index contributed by atoms with van der Waals surface area (Å²) in [5, 5.41) is 14.3. The first kappa shape index (κ1) is 10.5. The van der Waals surface area contributed by atoms with Gasteiger partial charge in [0.1, 0.15) is 0 Å². The van der Waals surface area contributed by atoms with E-state index in [0.29, 0.717) is 10.7 Å². The monoisotopic (exact) mass is 213 g/mol. The van der Waals surface area contributed by atoms with Gasteiger partial charge in [-0.3, -0.25) is 0 Å². The van der Waals surface area contributed by atoms with Crippen molar-refractivity contribution in [1.29, 1.82) is 0 Å². The number of hydrazone groups is 1. The molecule has 1 rings (SSSR count). The number of hydrogen-bond donors (Lipinski definition) is 1. The summed E-state index contributed by atoms with van der Waals surface area (Å²) < 4.78 is 0. The summed E-state index contributed by atoms with van der Waals surface area (Å²) in [6.07, 6.45) is 0. The van der Waals surface area contributed by atoms with E-state index in [0.717, 1.165) is 0 Å². The molecule has 1 N–H and O–H groups in total. The first-order valence-electron chi connectivity index (χ1n) is 3.80. The van der Waals surface area contributed by atoms with Crippen molar-refractivity contribution in [2.24, 2.45) is 5.10 Å². The third-order valence-electron chi connectivity index (χ3n) is 1.46. The van der Waals surface area contributed by atoms with Gasteiger partial charge in [-0.2, -0.15) is 5.43 Å². The van der Waals surface area contributed by atoms with Crippen molar-refractivity contribution in [3.05, 3.63) is 39.4 Å². The Bertz CT molecular complexity index is 361. The molecule has 1 aromatic carbocycles. The zero-order chi connectivity index (χ0) is 10.6. The second kappa shape index (κ2) is 4.57. The van der Waals surface area contributed by atoms with Gasteiger partial charge in [0.15, 0.2) is 0 Å². The SMILES string of the molecule is C/C(=N/Nc1ccc(Cl)cc1)[N+](=O)[O-]. The van der Waals surface area contributed by atoms with E-state index < -0.39 is 4.92 Å². The number of nitrogens with one attached hydrogen (secondary N) is 1. The summed E-state index contributed by atoms with van der Waals surface area (Å²) in [4.78, 5) is 9.62. The molecule has 0 atom stereocenters. The van der Waals surface area contributed by atoms with Crippen molar-refractivity contribution in [1.82, 2.24) is 0 Å². The Morgan fingerprint density at radius 3 is 2.57 bits per heavy atom. The van der Waals surface area contributed by atoms with Gasteiger partial charge in [0.05, 0.1) is 10.8 Å². The quantitative estimate of drug-likeness (QED) is 0.355. The normalized spacial score (nSPS) is 11.1. The van der Waals surface area contributed by atoms with Crippen LogP contribution in [0.15, 0.2) is 29.4 Å². The molecule has 0 fully saturated rings. The molecule has 74 valence electrons. The average molecular weight is 214 g/mol. The minimum atomic E-state index is -0.567. The van der Waals surface area contributed by atoms with E-state index in [9.17, 15) is 10.1 Å². The molecule has 0 aromatic heterocycles. The van der Waals surface area contributed by atoms with E-state index in [2.05, 4.69) is 10.5 Å². The lowest BCUT2D eigenvalue weighted by Crippen LogP contribution is -2.08. The number of hydrogen-bond acceptors (Lipinski definition) is 4. The average Bonchev–Trinajstić information content (AvgIpc) is 2.16. The highest BCUT2D eigenvalue weighted by atomic mass is 35.5. The lowest BCUT2D eigenvalue weighted by Gasteiger charge is -1.95. The van der Waals surface area contributed by atoms with Crippen molar-refractivity contribution < 1.29 is 4.92 Å². The molecule has 0 saturated heterocycles. The Morgan fingerprint density at radius 2 is 2.07 bits per heavy atom. The summed E-state index contributed by atoms with van der Waals surface area (Å²) in [5.41, 5.74) is 3.19. The van der Waals surface area contributed by atoms with Crippen molar-refractivity contribution in [2.45, 2.75) is 6.92 Å². The molecule has 0 aliphatic carbocycles. The molecular formula is C8H8ClN3O2. The molecule has 0 bridgehead atoms. The second-order valence-corrected chi connectivity index (χ2v) is 2.97. The zero-order valence-corrected chi connectivity index (χ0v) is 8.15. The molecule has 0 heterocycles. The van der Waals surface area contributed by atoms with Crippen molar-refractivity contribution in [3.63, 3.8) is 0 Å². The lowest BCUT2D eigenvalue weighted by molar-refractivity contribution is -0.351. The van der Waals surface area contributed by atoms with Gasteiger partial charge in [-0.15, -0.1) is 0 Å². The molecule has 6 heteroatoms. The fourth-order valence-electron chi connectivity index (χ4n) is 0.711. The number of benzene rings is 1. The van der Waals surface area contributed by atoms with E-state index in [-0.39, 0.29) is 5.84 Å². The topological polar surface area (TPSA) is 67.5 Å². The minimum Gasteiger partial charge on any atom is -0.358 e. The Hall–Kier alpha value is -1.62. The lowest BCUT2D eigenvalue weighted by atomic mass is 10.3. The molecule has 14 heavy (non-hydrogen) atoms. The molecule has 0 radical (unpaired) electrons. The van der Waals surface area contributed by atoms with Gasteiger partial charge in [0.2, 0.25) is 0 Å². The molecule has 0 aliphatic heterocycles. The van der Waals surface area contributed by atoms with Gasteiger partial charge in [0, 0.05) is 11.9 Å². The van der Waals surface area contributed by atoms with E-state index >= 15 is 0 Å². The fraction of sp³-hybridized carbons (Fsp3) is 0.125. The van der Waals surface area contributed by atoms with Crippen molar-refractivity contribution in [3.8, 4) is 0 Å². The first-order valence-corrected chi connectivity index (χ1v) is 4.17. The van der Waals surface area contributed by atoms with Gasteiger partial charge in [-0.05, 0) is 29.2 Å². The number of nitro groups is 1. The van der Waals surface area contributed by atoms with Crippen molar-refractivity contribution >= 4 is 23.1 Å². The number of halogens is 1. The molecule has 0 amide bonds. The number of amidine groups is 1. The standard InChI is InChI=1S/C8H8ClN3O2/c1-6(12(13)14)10-11-8-4-2-7(9)3-5-8/h2-5,11H,1H3/b10-6-. The predicted octanol–water partition coefficient (Wildman–Crippen LogP) is 2.36. The van der Waals surface area contributed by atoms with E-state index in [4.69, 9.17) is 11.6 Å². The van der Waals surface area contributed by atoms with Crippen LogP contribution in [0.3, 0.4) is 0 Å². The largest absolute Gasteiger partial charge is 0.360 e. The van der Waals surface area contributed by atoms with E-state index in [1.807, 2.05) is 0 Å². The number of anilines is 1. The van der Waals surface area contributed by atoms with E-state index in [1.165, 1.54) is 6.92 Å². The highest BCUT2D eigenvalue weighted by Gasteiger charge is 2.02. The van der Waals surface area contributed by atoms with Crippen LogP contribution in [0.2, 0.25) is 5.02 Å². The van der Waals surface area contributed by atoms with Gasteiger partial charge >= 0.3 is 5.84 Å². The van der Waals surface area contributed by atoms with Gasteiger partial charge in [-0.1, -0.05) is 11.6 Å². The van der Waals surface area contributed by atoms with Crippen LogP contribution in [0.5, 0.6) is 0 Å². The third-order valence-corrected chi connectivity index (χ3v) is 1.71. The van der Waals surface area contributed by atoms with Crippen LogP contribution in [-0.2, 0) is 0 Å². The highest BCUT2D eigenvalue weighted by Crippen LogP contribution is 2.13. The predicted molar refractivity (Wildman–Crippen MR) is 55.2 cm³/mol. The summed E-state index contributed by atoms with van der Waals surface area (Å²) >= 11 is 5.65. The maximum absolute atomic E-state index is 10.2. The molecule has 0 aliphatic rings. The van der Waals surface area contributed by atoms with Crippen LogP contribution in [0.4, 0.5) is 5.69 Å². The van der Waals surface area contributed by atoms with Gasteiger partial charge < -0.3 is 10.1 Å². The molecule has 1 aromatic rings. The molecule has 0 spiro atoms. The first-order chi connectivity index (χ1) is 6.59. The fourth-order valence-corrected chi connectivity index (χ4v) is 0.837. The molecular weight excluding hydrogens is 206 g/mol. The van der Waals surface area contributed by atoms with Gasteiger partial charge in [-0.25, -0.2) is 0 Å². The summed E-state index contributed by atoms with van der Waals surface area (Å²) in [6.45, 7) is 1.31. The Labute approximate surface area is 85.5 Å². The van der Waals surface area contributed by atoms with Crippen LogP contribution < -0.4 is 5.43 Å². The number of nitrogens with zero attached hydrogens (tertiary/aromatic N) is 2. The molecule has 0 unspecified atom stereocenters. The third kappa shape index (κ3) is 3.02. The smallest absolute Gasteiger partial charge is 0.358 e. The van der Waals surface area contributed by atoms with Crippen LogP contribution in [0, 0.1) is 10.1 Å². The summed E-state index contributed by atoms with van der Waals surface area (Å²) in [6, 6.07) is 6.69. The maximum Gasteiger partial charge on any atom is 0.360 e. The Kier molecular flexibility index (Phi) is 3.41. The maximum atomic E-state index is 10.2. The van der Waals surface area contributed by atoms with Crippen molar-refractivity contribution in [2.75, 3.05) is 5.43 Å². The Morgan fingerprint density at radius 1 is 1.50 bits per heavy atom. The molecule has 5 nitrogen and oxygen atoms in total. The number of rotatable bonds is 2. The Balaban J connectivity index is 2.66. The summed E-state index contributed by atoms with van der Waals surface area (Å²) in [5.74, 6) is -0.194. The van der Waals surface area contributed by atoms with Crippen LogP contribution in [0.1, 0.15) is 6.92 Å². The highest BCUT2D eigenvalue weighted by molar-refractivity contribution is 6.30. The minimum absolute atomic E-state index is 0.194. The second-order valence-electron chi connectivity index (χ2n) is 2.53. The van der Waals surface area contributed by atoms with Crippen LogP contribution in [-0.4, -0.2) is 10.8 Å². The summed E-state index contributed by atoms with van der Waals surface area (Å²) in [7, 11) is 0. The van der Waals surface area contributed by atoms with Gasteiger partial charge in [0.25, 0.3) is 0 Å². The van der Waals surface area contributed by atoms with Crippen LogP contribution >= 0.6 is 11.6 Å².